The Morgan fingerprint density at radius 3 is 2.61 bits per heavy atom. The van der Waals surface area contributed by atoms with Crippen LogP contribution in [0.5, 0.6) is 0 Å². The van der Waals surface area contributed by atoms with Crippen molar-refractivity contribution >= 4 is 17.6 Å². The van der Waals surface area contributed by atoms with Crippen molar-refractivity contribution in [3.8, 4) is 0 Å². The smallest absolute Gasteiger partial charge is 0.315 e. The van der Waals surface area contributed by atoms with Gasteiger partial charge in [-0.3, -0.25) is 0 Å². The highest BCUT2D eigenvalue weighted by Crippen LogP contribution is 2.22. The molecule has 2 aromatic rings. The molecule has 2 atom stereocenters. The van der Waals surface area contributed by atoms with Crippen molar-refractivity contribution < 1.29 is 14.3 Å². The van der Waals surface area contributed by atoms with Crippen LogP contribution in [0, 0.1) is 13.8 Å². The summed E-state index contributed by atoms with van der Waals surface area (Å²) in [6.07, 6.45) is -0.859. The quantitative estimate of drug-likeness (QED) is 0.780. The van der Waals surface area contributed by atoms with E-state index in [4.69, 9.17) is 16.0 Å². The molecule has 23 heavy (non-hydrogen) atoms. The molecule has 2 rings (SSSR count). The fraction of sp³-hybridized carbons (Fsp3) is 0.353. The Balaban J connectivity index is 1.88. The van der Waals surface area contributed by atoms with Gasteiger partial charge in [0.15, 0.2) is 0 Å². The van der Waals surface area contributed by atoms with E-state index in [1.54, 1.807) is 24.3 Å². The first-order valence-electron chi connectivity index (χ1n) is 7.42. The largest absolute Gasteiger partial charge is 0.466 e. The van der Waals surface area contributed by atoms with Crippen LogP contribution >= 0.6 is 11.6 Å². The summed E-state index contributed by atoms with van der Waals surface area (Å²) < 4.78 is 5.46. The normalized spacial score (nSPS) is 13.4. The number of hydrogen-bond acceptors (Lipinski definition) is 3. The number of aliphatic hydroxyl groups is 1. The Hall–Kier alpha value is -1.98. The van der Waals surface area contributed by atoms with Gasteiger partial charge in [-0.15, -0.1) is 0 Å². The molecule has 0 radical (unpaired) electrons. The van der Waals surface area contributed by atoms with Crippen LogP contribution in [0.3, 0.4) is 0 Å². The summed E-state index contributed by atoms with van der Waals surface area (Å²) in [4.78, 5) is 12.0. The number of hydrogen-bond donors (Lipinski definition) is 3. The molecule has 0 aliphatic carbocycles. The monoisotopic (exact) mass is 336 g/mol. The Morgan fingerprint density at radius 2 is 2.00 bits per heavy atom. The molecular weight excluding hydrogens is 316 g/mol. The van der Waals surface area contributed by atoms with Gasteiger partial charge in [0.2, 0.25) is 0 Å². The van der Waals surface area contributed by atoms with Gasteiger partial charge in [0.05, 0.1) is 12.1 Å². The van der Waals surface area contributed by atoms with Gasteiger partial charge in [-0.25, -0.2) is 4.79 Å². The zero-order valence-corrected chi connectivity index (χ0v) is 14.1. The van der Waals surface area contributed by atoms with Crippen LogP contribution in [-0.4, -0.2) is 17.7 Å². The summed E-state index contributed by atoms with van der Waals surface area (Å²) in [5, 5.41) is 16.0. The summed E-state index contributed by atoms with van der Waals surface area (Å²) >= 11 is 6.02. The maximum absolute atomic E-state index is 12.0. The van der Waals surface area contributed by atoms with E-state index in [1.807, 2.05) is 26.8 Å². The molecule has 2 unspecified atom stereocenters. The Morgan fingerprint density at radius 1 is 1.30 bits per heavy atom. The predicted octanol–water partition coefficient (Wildman–Crippen LogP) is 3.64. The molecule has 0 saturated heterocycles. The second-order valence-electron chi connectivity index (χ2n) is 5.48. The van der Waals surface area contributed by atoms with Gasteiger partial charge >= 0.3 is 6.03 Å². The number of furan rings is 1. The fourth-order valence-corrected chi connectivity index (χ4v) is 2.71. The summed E-state index contributed by atoms with van der Waals surface area (Å²) in [5.41, 5.74) is 1.52. The van der Waals surface area contributed by atoms with E-state index in [-0.39, 0.29) is 18.6 Å². The Bertz CT molecular complexity index is 684. The average molecular weight is 337 g/mol. The van der Waals surface area contributed by atoms with Crippen LogP contribution in [0.2, 0.25) is 5.02 Å². The first kappa shape index (κ1) is 17.4. The highest BCUT2D eigenvalue weighted by atomic mass is 35.5. The van der Waals surface area contributed by atoms with E-state index in [2.05, 4.69) is 10.6 Å². The van der Waals surface area contributed by atoms with Gasteiger partial charge in [0.25, 0.3) is 0 Å². The van der Waals surface area contributed by atoms with Gasteiger partial charge in [0, 0.05) is 22.7 Å². The van der Waals surface area contributed by atoms with E-state index < -0.39 is 6.10 Å². The van der Waals surface area contributed by atoms with Crippen molar-refractivity contribution in [3.63, 3.8) is 0 Å². The molecule has 3 N–H and O–H groups in total. The van der Waals surface area contributed by atoms with E-state index in [0.29, 0.717) is 10.6 Å². The summed E-state index contributed by atoms with van der Waals surface area (Å²) in [7, 11) is 0. The number of aryl methyl sites for hydroxylation is 2. The first-order chi connectivity index (χ1) is 10.9. The predicted molar refractivity (Wildman–Crippen MR) is 89.5 cm³/mol. The zero-order valence-electron chi connectivity index (χ0n) is 13.4. The summed E-state index contributed by atoms with van der Waals surface area (Å²) in [6.45, 7) is 5.68. The zero-order chi connectivity index (χ0) is 17.0. The molecule has 0 fully saturated rings. The third kappa shape index (κ3) is 4.50. The minimum absolute atomic E-state index is 0.0751. The van der Waals surface area contributed by atoms with E-state index in [9.17, 15) is 9.90 Å². The lowest BCUT2D eigenvalue weighted by atomic mass is 10.1. The summed E-state index contributed by atoms with van der Waals surface area (Å²) in [6, 6.07) is 8.36. The number of nitrogens with one attached hydrogen (secondary N) is 2. The number of urea groups is 1. The second kappa shape index (κ2) is 7.53. The van der Waals surface area contributed by atoms with Crippen LogP contribution in [0.1, 0.15) is 41.7 Å². The topological polar surface area (TPSA) is 74.5 Å². The third-order valence-electron chi connectivity index (χ3n) is 3.61. The van der Waals surface area contributed by atoms with Crippen LogP contribution in [0.4, 0.5) is 4.79 Å². The van der Waals surface area contributed by atoms with Gasteiger partial charge < -0.3 is 20.2 Å². The number of rotatable bonds is 5. The van der Waals surface area contributed by atoms with E-state index in [1.165, 1.54) is 0 Å². The maximum Gasteiger partial charge on any atom is 0.315 e. The Labute approximate surface area is 140 Å². The van der Waals surface area contributed by atoms with Crippen molar-refractivity contribution in [1.82, 2.24) is 10.6 Å². The van der Waals surface area contributed by atoms with Gasteiger partial charge in [0.1, 0.15) is 11.5 Å². The molecule has 6 heteroatoms. The number of carbonyl (C=O) groups excluding carboxylic acids is 1. The molecule has 2 amide bonds. The lowest BCUT2D eigenvalue weighted by molar-refractivity contribution is 0.172. The number of aliphatic hydroxyl groups excluding tert-OH is 1. The molecule has 0 aliphatic heterocycles. The van der Waals surface area contributed by atoms with Crippen LogP contribution in [-0.2, 0) is 0 Å². The highest BCUT2D eigenvalue weighted by molar-refractivity contribution is 6.31. The minimum atomic E-state index is -0.859. The van der Waals surface area contributed by atoms with Crippen molar-refractivity contribution in [2.24, 2.45) is 0 Å². The number of halogens is 1. The molecule has 0 bridgehead atoms. The van der Waals surface area contributed by atoms with Crippen molar-refractivity contribution in [1.29, 1.82) is 0 Å². The average Bonchev–Trinajstić information content (AvgIpc) is 2.84. The van der Waals surface area contributed by atoms with Gasteiger partial charge in [-0.2, -0.15) is 0 Å². The van der Waals surface area contributed by atoms with Crippen LogP contribution in [0.15, 0.2) is 34.7 Å². The van der Waals surface area contributed by atoms with Crippen molar-refractivity contribution in [2.75, 3.05) is 6.54 Å². The SMILES string of the molecule is Cc1cc(C(C)NC(=O)NCC(O)c2ccccc2Cl)c(C)o1. The van der Waals surface area contributed by atoms with Crippen LogP contribution < -0.4 is 10.6 Å². The molecule has 0 spiro atoms. The fourth-order valence-electron chi connectivity index (χ4n) is 2.45. The molecular formula is C17H21ClN2O3. The second-order valence-corrected chi connectivity index (χ2v) is 5.89. The van der Waals surface area contributed by atoms with Crippen LogP contribution in [0.25, 0.3) is 0 Å². The third-order valence-corrected chi connectivity index (χ3v) is 3.96. The minimum Gasteiger partial charge on any atom is -0.466 e. The number of carbonyl (C=O) groups is 1. The van der Waals surface area contributed by atoms with Gasteiger partial charge in [-0.05, 0) is 32.9 Å². The number of benzene rings is 1. The molecule has 0 aliphatic rings. The summed E-state index contributed by atoms with van der Waals surface area (Å²) in [5.74, 6) is 1.59. The molecule has 1 heterocycles. The lowest BCUT2D eigenvalue weighted by Gasteiger charge is -2.17. The maximum atomic E-state index is 12.0. The van der Waals surface area contributed by atoms with Crippen molar-refractivity contribution in [3.05, 3.63) is 58.0 Å². The van der Waals surface area contributed by atoms with Gasteiger partial charge in [-0.1, -0.05) is 29.8 Å². The molecule has 124 valence electrons. The van der Waals surface area contributed by atoms with Crippen molar-refractivity contribution in [2.45, 2.75) is 32.9 Å². The Kier molecular flexibility index (Phi) is 5.69. The lowest BCUT2D eigenvalue weighted by Crippen LogP contribution is -2.39. The molecule has 1 aromatic carbocycles. The first-order valence-corrected chi connectivity index (χ1v) is 7.80. The van der Waals surface area contributed by atoms with E-state index in [0.717, 1.165) is 17.1 Å². The molecule has 1 aromatic heterocycles. The standard InChI is InChI=1S/C17H21ClN2O3/c1-10-8-14(12(3)23-10)11(2)20-17(22)19-9-16(21)13-6-4-5-7-15(13)18/h4-8,11,16,21H,9H2,1-3H3,(H2,19,20,22). The number of amides is 2. The highest BCUT2D eigenvalue weighted by Gasteiger charge is 2.16. The molecule has 0 saturated carbocycles. The molecule has 5 nitrogen and oxygen atoms in total. The van der Waals surface area contributed by atoms with E-state index >= 15 is 0 Å².